The molecule has 0 amide bonds. The standard InChI is InChI=1S/C24H21N3O2S/c1-28-22-12-11-20(14-23(22)29-2)19-10-6-7-17(13-19)15-25-27-24-26-21(16-30-24)18-8-4-3-5-9-18/h3-16H,1-2H3,(H,26,27). The Morgan fingerprint density at radius 2 is 1.60 bits per heavy atom. The highest BCUT2D eigenvalue weighted by molar-refractivity contribution is 7.14. The number of thiazole rings is 1. The third kappa shape index (κ3) is 4.50. The molecule has 0 bridgehead atoms. The Hall–Kier alpha value is -3.64. The second-order valence-electron chi connectivity index (χ2n) is 6.47. The van der Waals surface area contributed by atoms with Gasteiger partial charge in [0.05, 0.1) is 26.1 Å². The highest BCUT2D eigenvalue weighted by Crippen LogP contribution is 2.32. The number of hydrogen-bond acceptors (Lipinski definition) is 6. The largest absolute Gasteiger partial charge is 0.493 e. The van der Waals surface area contributed by atoms with Crippen LogP contribution >= 0.6 is 11.3 Å². The average molecular weight is 416 g/mol. The van der Waals surface area contributed by atoms with Crippen molar-refractivity contribution in [2.45, 2.75) is 0 Å². The fraction of sp³-hybridized carbons (Fsp3) is 0.0833. The number of nitrogens with zero attached hydrogens (tertiary/aromatic N) is 2. The Labute approximate surface area is 179 Å². The summed E-state index contributed by atoms with van der Waals surface area (Å²) < 4.78 is 10.7. The Morgan fingerprint density at radius 1 is 0.833 bits per heavy atom. The van der Waals surface area contributed by atoms with Gasteiger partial charge in [0.2, 0.25) is 5.13 Å². The fourth-order valence-corrected chi connectivity index (χ4v) is 3.71. The second kappa shape index (κ2) is 9.24. The van der Waals surface area contributed by atoms with Crippen LogP contribution in [-0.4, -0.2) is 25.4 Å². The van der Waals surface area contributed by atoms with E-state index in [-0.39, 0.29) is 0 Å². The molecule has 1 heterocycles. The Bertz CT molecular complexity index is 1160. The quantitative estimate of drug-likeness (QED) is 0.300. The van der Waals surface area contributed by atoms with Crippen molar-refractivity contribution in [1.82, 2.24) is 4.98 Å². The summed E-state index contributed by atoms with van der Waals surface area (Å²) in [5, 5.41) is 7.11. The molecule has 0 aliphatic carbocycles. The summed E-state index contributed by atoms with van der Waals surface area (Å²) in [6.45, 7) is 0. The summed E-state index contributed by atoms with van der Waals surface area (Å²) in [4.78, 5) is 4.58. The third-order valence-electron chi connectivity index (χ3n) is 4.55. The summed E-state index contributed by atoms with van der Waals surface area (Å²) in [6.07, 6.45) is 1.79. The third-order valence-corrected chi connectivity index (χ3v) is 5.30. The topological polar surface area (TPSA) is 55.7 Å². The van der Waals surface area contributed by atoms with Crippen molar-refractivity contribution < 1.29 is 9.47 Å². The lowest BCUT2D eigenvalue weighted by atomic mass is 10.0. The normalized spacial score (nSPS) is 10.9. The number of hydrazone groups is 1. The number of anilines is 1. The molecular weight excluding hydrogens is 394 g/mol. The summed E-state index contributed by atoms with van der Waals surface area (Å²) in [7, 11) is 3.27. The molecule has 4 aromatic rings. The maximum absolute atomic E-state index is 5.41. The zero-order valence-corrected chi connectivity index (χ0v) is 17.5. The molecule has 30 heavy (non-hydrogen) atoms. The van der Waals surface area contributed by atoms with Crippen molar-refractivity contribution in [2.75, 3.05) is 19.6 Å². The number of ether oxygens (including phenoxy) is 2. The molecule has 5 nitrogen and oxygen atoms in total. The molecule has 150 valence electrons. The van der Waals surface area contributed by atoms with Crippen LogP contribution < -0.4 is 14.9 Å². The van der Waals surface area contributed by atoms with Crippen molar-refractivity contribution >= 4 is 22.7 Å². The van der Waals surface area contributed by atoms with Gasteiger partial charge in [0.1, 0.15) is 0 Å². The van der Waals surface area contributed by atoms with Gasteiger partial charge in [-0.3, -0.25) is 5.43 Å². The lowest BCUT2D eigenvalue weighted by molar-refractivity contribution is 0.355. The van der Waals surface area contributed by atoms with E-state index in [1.165, 1.54) is 11.3 Å². The van der Waals surface area contributed by atoms with E-state index in [1.807, 2.05) is 66.0 Å². The van der Waals surface area contributed by atoms with E-state index in [1.54, 1.807) is 20.4 Å². The second-order valence-corrected chi connectivity index (χ2v) is 7.33. The molecule has 3 aromatic carbocycles. The predicted octanol–water partition coefficient (Wildman–Crippen LogP) is 5.94. The molecule has 0 aliphatic heterocycles. The van der Waals surface area contributed by atoms with E-state index in [0.717, 1.165) is 33.1 Å². The summed E-state index contributed by atoms with van der Waals surface area (Å²) in [5.41, 5.74) is 8.14. The van der Waals surface area contributed by atoms with E-state index >= 15 is 0 Å². The number of aromatic nitrogens is 1. The molecule has 0 aliphatic rings. The zero-order chi connectivity index (χ0) is 20.8. The van der Waals surface area contributed by atoms with Gasteiger partial charge in [-0.1, -0.05) is 54.6 Å². The van der Waals surface area contributed by atoms with Gasteiger partial charge in [0.15, 0.2) is 11.5 Å². The van der Waals surface area contributed by atoms with Gasteiger partial charge in [0.25, 0.3) is 0 Å². The van der Waals surface area contributed by atoms with Gasteiger partial charge in [-0.15, -0.1) is 11.3 Å². The average Bonchev–Trinajstić information content (AvgIpc) is 3.28. The SMILES string of the molecule is COc1ccc(-c2cccc(C=NNc3nc(-c4ccccc4)cs3)c2)cc1OC. The lowest BCUT2D eigenvalue weighted by Gasteiger charge is -2.10. The van der Waals surface area contributed by atoms with E-state index in [4.69, 9.17) is 9.47 Å². The van der Waals surface area contributed by atoms with Gasteiger partial charge in [-0.2, -0.15) is 5.10 Å². The molecule has 6 heteroatoms. The fourth-order valence-electron chi connectivity index (χ4n) is 3.04. The van der Waals surface area contributed by atoms with Crippen LogP contribution in [0.5, 0.6) is 11.5 Å². The molecule has 0 atom stereocenters. The summed E-state index contributed by atoms with van der Waals surface area (Å²) >= 11 is 1.53. The van der Waals surface area contributed by atoms with E-state index in [9.17, 15) is 0 Å². The monoisotopic (exact) mass is 415 g/mol. The number of rotatable bonds is 7. The molecule has 4 rings (SSSR count). The molecule has 0 saturated heterocycles. The van der Waals surface area contributed by atoms with Gasteiger partial charge >= 0.3 is 0 Å². The van der Waals surface area contributed by atoms with Crippen LogP contribution in [0.4, 0.5) is 5.13 Å². The molecule has 0 radical (unpaired) electrons. The Morgan fingerprint density at radius 3 is 2.40 bits per heavy atom. The van der Waals surface area contributed by atoms with Gasteiger partial charge in [0, 0.05) is 10.9 Å². The first-order valence-corrected chi connectivity index (χ1v) is 10.3. The van der Waals surface area contributed by atoms with Crippen molar-refractivity contribution in [3.8, 4) is 33.9 Å². The number of nitrogens with one attached hydrogen (secondary N) is 1. The van der Waals surface area contributed by atoms with Gasteiger partial charge < -0.3 is 9.47 Å². The Kier molecular flexibility index (Phi) is 6.06. The minimum atomic E-state index is 0.703. The smallest absolute Gasteiger partial charge is 0.203 e. The van der Waals surface area contributed by atoms with Crippen LogP contribution in [-0.2, 0) is 0 Å². The van der Waals surface area contributed by atoms with Crippen LogP contribution in [0.3, 0.4) is 0 Å². The molecule has 1 N–H and O–H groups in total. The minimum absolute atomic E-state index is 0.703. The number of benzene rings is 3. The molecular formula is C24H21N3O2S. The van der Waals surface area contributed by atoms with E-state index in [2.05, 4.69) is 27.6 Å². The van der Waals surface area contributed by atoms with Crippen LogP contribution in [0.2, 0.25) is 0 Å². The lowest BCUT2D eigenvalue weighted by Crippen LogP contribution is -1.92. The first kappa shape index (κ1) is 19.7. The van der Waals surface area contributed by atoms with Crippen molar-refractivity contribution in [3.05, 3.63) is 83.7 Å². The number of methoxy groups -OCH3 is 2. The first-order chi connectivity index (χ1) is 14.8. The van der Waals surface area contributed by atoms with Crippen LogP contribution in [0.15, 0.2) is 83.3 Å². The predicted molar refractivity (Wildman–Crippen MR) is 124 cm³/mol. The van der Waals surface area contributed by atoms with Crippen LogP contribution in [0.25, 0.3) is 22.4 Å². The van der Waals surface area contributed by atoms with Crippen LogP contribution in [0.1, 0.15) is 5.56 Å². The summed E-state index contributed by atoms with van der Waals surface area (Å²) in [5.74, 6) is 1.41. The van der Waals surface area contributed by atoms with Gasteiger partial charge in [-0.25, -0.2) is 4.98 Å². The van der Waals surface area contributed by atoms with E-state index in [0.29, 0.717) is 11.5 Å². The van der Waals surface area contributed by atoms with Crippen LogP contribution in [0, 0.1) is 0 Å². The van der Waals surface area contributed by atoms with Gasteiger partial charge in [-0.05, 0) is 34.9 Å². The molecule has 0 spiro atoms. The van der Waals surface area contributed by atoms with Crippen molar-refractivity contribution in [1.29, 1.82) is 0 Å². The summed E-state index contributed by atoms with van der Waals surface area (Å²) in [6, 6.07) is 24.1. The van der Waals surface area contributed by atoms with Crippen molar-refractivity contribution in [3.63, 3.8) is 0 Å². The maximum atomic E-state index is 5.41. The number of hydrogen-bond donors (Lipinski definition) is 1. The zero-order valence-electron chi connectivity index (χ0n) is 16.7. The Balaban J connectivity index is 1.47. The molecule has 0 unspecified atom stereocenters. The first-order valence-electron chi connectivity index (χ1n) is 9.39. The molecule has 0 saturated carbocycles. The van der Waals surface area contributed by atoms with E-state index < -0.39 is 0 Å². The van der Waals surface area contributed by atoms with Crippen molar-refractivity contribution in [2.24, 2.45) is 5.10 Å². The maximum Gasteiger partial charge on any atom is 0.203 e. The molecule has 1 aromatic heterocycles. The molecule has 0 fully saturated rings. The minimum Gasteiger partial charge on any atom is -0.493 e. The highest BCUT2D eigenvalue weighted by atomic mass is 32.1. The highest BCUT2D eigenvalue weighted by Gasteiger charge is 2.07.